The molecule has 3 rings (SSSR count). The lowest BCUT2D eigenvalue weighted by molar-refractivity contribution is -0.122. The van der Waals surface area contributed by atoms with Crippen LogP contribution in [0.15, 0.2) is 28.9 Å². The number of nitrogens with zero attached hydrogens (tertiary/aromatic N) is 1. The van der Waals surface area contributed by atoms with Crippen LogP contribution in [0.3, 0.4) is 0 Å². The first-order valence-electron chi connectivity index (χ1n) is 8.04. The molecular formula is C17H16BrF3N2O3. The van der Waals surface area contributed by atoms with Crippen molar-refractivity contribution in [1.29, 1.82) is 0 Å². The Morgan fingerprint density at radius 2 is 2.12 bits per heavy atom. The molecule has 9 heteroatoms. The Hall–Kier alpha value is -1.87. The largest absolute Gasteiger partial charge is 0.454 e. The molecule has 2 aromatic rings. The first kappa shape index (κ1) is 18.9. The van der Waals surface area contributed by atoms with Crippen molar-refractivity contribution in [2.24, 2.45) is 0 Å². The third-order valence-corrected chi connectivity index (χ3v) is 4.70. The van der Waals surface area contributed by atoms with Crippen LogP contribution in [0.5, 0.6) is 0 Å². The Morgan fingerprint density at radius 1 is 1.35 bits per heavy atom. The molecule has 1 saturated heterocycles. The van der Waals surface area contributed by atoms with E-state index in [-0.39, 0.29) is 23.9 Å². The molecule has 0 bridgehead atoms. The van der Waals surface area contributed by atoms with Crippen molar-refractivity contribution in [2.75, 3.05) is 13.2 Å². The number of alkyl halides is 3. The van der Waals surface area contributed by atoms with E-state index >= 15 is 0 Å². The lowest BCUT2D eigenvalue weighted by Gasteiger charge is -2.11. The van der Waals surface area contributed by atoms with Crippen molar-refractivity contribution in [3.05, 3.63) is 34.4 Å². The number of hydrogen-bond acceptors (Lipinski definition) is 3. The van der Waals surface area contributed by atoms with E-state index in [1.807, 2.05) is 0 Å². The first-order chi connectivity index (χ1) is 12.3. The minimum absolute atomic E-state index is 0.0290. The van der Waals surface area contributed by atoms with Gasteiger partial charge in [0.25, 0.3) is 5.78 Å². The number of halogens is 4. The van der Waals surface area contributed by atoms with E-state index in [0.29, 0.717) is 23.1 Å². The molecule has 1 aliphatic heterocycles. The van der Waals surface area contributed by atoms with Gasteiger partial charge in [-0.15, -0.1) is 0 Å². The predicted molar refractivity (Wildman–Crippen MR) is 92.0 cm³/mol. The van der Waals surface area contributed by atoms with Crippen LogP contribution in [0.2, 0.25) is 0 Å². The molecule has 1 fully saturated rings. The van der Waals surface area contributed by atoms with Crippen molar-refractivity contribution in [3.8, 4) is 0 Å². The van der Waals surface area contributed by atoms with Crippen LogP contribution in [0.1, 0.15) is 23.2 Å². The summed E-state index contributed by atoms with van der Waals surface area (Å²) < 4.78 is 45.9. The summed E-state index contributed by atoms with van der Waals surface area (Å²) in [5.74, 6) is -2.29. The maximum atomic E-state index is 12.9. The number of carbonyl (C=O) groups excluding carboxylic acids is 2. The van der Waals surface area contributed by atoms with Gasteiger partial charge in [0, 0.05) is 34.7 Å². The molecule has 0 spiro atoms. The van der Waals surface area contributed by atoms with Gasteiger partial charge in [0.1, 0.15) is 6.54 Å². The molecule has 0 unspecified atom stereocenters. The maximum Gasteiger partial charge on any atom is 0.454 e. The summed E-state index contributed by atoms with van der Waals surface area (Å²) in [6, 6.07) is 4.65. The van der Waals surface area contributed by atoms with E-state index in [1.165, 1.54) is 10.6 Å². The molecule has 1 amide bonds. The first-order valence-corrected chi connectivity index (χ1v) is 8.83. The van der Waals surface area contributed by atoms with Gasteiger partial charge in [-0.2, -0.15) is 13.2 Å². The number of nitrogens with one attached hydrogen (secondary N) is 1. The number of ether oxygens (including phenoxy) is 1. The summed E-state index contributed by atoms with van der Waals surface area (Å²) >= 11 is 3.19. The number of ketones is 1. The average Bonchev–Trinajstić information content (AvgIpc) is 3.19. The van der Waals surface area contributed by atoms with Crippen LogP contribution < -0.4 is 5.32 Å². The van der Waals surface area contributed by atoms with Gasteiger partial charge in [0.15, 0.2) is 0 Å². The molecule has 0 radical (unpaired) electrons. The Bertz CT molecular complexity index is 842. The summed E-state index contributed by atoms with van der Waals surface area (Å²) in [5, 5.41) is 2.86. The quantitative estimate of drug-likeness (QED) is 0.736. The van der Waals surface area contributed by atoms with E-state index in [2.05, 4.69) is 21.2 Å². The highest BCUT2D eigenvalue weighted by atomic mass is 79.9. The van der Waals surface area contributed by atoms with Crippen LogP contribution in [0.4, 0.5) is 13.2 Å². The second-order valence-electron chi connectivity index (χ2n) is 6.10. The standard InChI is InChI=1S/C17H16BrF3N2O3/c18-10-3-4-14-12(6-10)13(16(25)17(19,20)21)8-23(14)9-15(24)22-7-11-2-1-5-26-11/h3-4,6,8,11H,1-2,5,7,9H2,(H,22,24)/t11-/m1/s1. The highest BCUT2D eigenvalue weighted by Gasteiger charge is 2.41. The number of carbonyl (C=O) groups is 2. The summed E-state index contributed by atoms with van der Waals surface area (Å²) in [7, 11) is 0. The topological polar surface area (TPSA) is 60.3 Å². The molecule has 0 saturated carbocycles. The minimum Gasteiger partial charge on any atom is -0.376 e. The normalized spacial score (nSPS) is 17.6. The van der Waals surface area contributed by atoms with Gasteiger partial charge in [0.2, 0.25) is 5.91 Å². The molecule has 0 aliphatic carbocycles. The summed E-state index contributed by atoms with van der Waals surface area (Å²) in [6.07, 6.45) is -2.12. The molecule has 5 nitrogen and oxygen atoms in total. The molecule has 1 aromatic carbocycles. The Balaban J connectivity index is 1.83. The SMILES string of the molecule is O=C(Cn1cc(C(=O)C(F)(F)F)c2cc(Br)ccc21)NC[C@H]1CCCO1. The Morgan fingerprint density at radius 3 is 2.77 bits per heavy atom. The summed E-state index contributed by atoms with van der Waals surface area (Å²) in [6.45, 7) is 0.842. The fourth-order valence-corrected chi connectivity index (χ4v) is 3.34. The summed E-state index contributed by atoms with van der Waals surface area (Å²) in [5.41, 5.74) is -0.0891. The van der Waals surface area contributed by atoms with E-state index in [1.54, 1.807) is 12.1 Å². The zero-order valence-electron chi connectivity index (χ0n) is 13.6. The molecule has 140 valence electrons. The number of hydrogen-bond donors (Lipinski definition) is 1. The van der Waals surface area contributed by atoms with Gasteiger partial charge in [-0.05, 0) is 31.0 Å². The smallest absolute Gasteiger partial charge is 0.376 e. The number of amides is 1. The van der Waals surface area contributed by atoms with Gasteiger partial charge in [-0.25, -0.2) is 0 Å². The van der Waals surface area contributed by atoms with E-state index < -0.39 is 17.5 Å². The highest BCUT2D eigenvalue weighted by Crippen LogP contribution is 2.30. The predicted octanol–water partition coefficient (Wildman–Crippen LogP) is 3.44. The third kappa shape index (κ3) is 4.09. The zero-order chi connectivity index (χ0) is 18.9. The minimum atomic E-state index is -4.98. The van der Waals surface area contributed by atoms with Crippen molar-refractivity contribution in [2.45, 2.75) is 31.7 Å². The fourth-order valence-electron chi connectivity index (χ4n) is 2.98. The van der Waals surface area contributed by atoms with E-state index in [0.717, 1.165) is 19.0 Å². The number of Topliss-reactive ketones (excluding diaryl/α,β-unsaturated/α-hetero) is 1. The molecule has 1 N–H and O–H groups in total. The second-order valence-corrected chi connectivity index (χ2v) is 7.01. The Kier molecular flexibility index (Phi) is 5.38. The van der Waals surface area contributed by atoms with Crippen molar-refractivity contribution >= 4 is 38.5 Å². The van der Waals surface area contributed by atoms with E-state index in [4.69, 9.17) is 4.74 Å². The van der Waals surface area contributed by atoms with Crippen LogP contribution in [-0.2, 0) is 16.1 Å². The van der Waals surface area contributed by atoms with Gasteiger partial charge < -0.3 is 14.6 Å². The lowest BCUT2D eigenvalue weighted by Crippen LogP contribution is -2.34. The maximum absolute atomic E-state index is 12.9. The van der Waals surface area contributed by atoms with Crippen molar-refractivity contribution in [1.82, 2.24) is 9.88 Å². The second kappa shape index (κ2) is 7.40. The van der Waals surface area contributed by atoms with Crippen LogP contribution in [0, 0.1) is 0 Å². The lowest BCUT2D eigenvalue weighted by atomic mass is 10.1. The fraction of sp³-hybridized carbons (Fsp3) is 0.412. The van der Waals surface area contributed by atoms with Gasteiger partial charge >= 0.3 is 6.18 Å². The van der Waals surface area contributed by atoms with Crippen molar-refractivity contribution in [3.63, 3.8) is 0 Å². The molecular weight excluding hydrogens is 417 g/mol. The Labute approximate surface area is 155 Å². The molecule has 1 atom stereocenters. The van der Waals surface area contributed by atoms with Crippen LogP contribution in [0.25, 0.3) is 10.9 Å². The number of aromatic nitrogens is 1. The van der Waals surface area contributed by atoms with Crippen LogP contribution in [-0.4, -0.2) is 41.7 Å². The van der Waals surface area contributed by atoms with Gasteiger partial charge in [-0.1, -0.05) is 15.9 Å². The number of benzene rings is 1. The van der Waals surface area contributed by atoms with E-state index in [9.17, 15) is 22.8 Å². The molecule has 2 heterocycles. The molecule has 26 heavy (non-hydrogen) atoms. The molecule has 1 aliphatic rings. The molecule has 1 aromatic heterocycles. The number of fused-ring (bicyclic) bond motifs is 1. The zero-order valence-corrected chi connectivity index (χ0v) is 15.2. The van der Waals surface area contributed by atoms with Gasteiger partial charge in [0.05, 0.1) is 11.7 Å². The van der Waals surface area contributed by atoms with Gasteiger partial charge in [-0.3, -0.25) is 9.59 Å². The van der Waals surface area contributed by atoms with Crippen LogP contribution >= 0.6 is 15.9 Å². The van der Waals surface area contributed by atoms with Crippen molar-refractivity contribution < 1.29 is 27.5 Å². The third-order valence-electron chi connectivity index (χ3n) is 4.21. The average molecular weight is 433 g/mol. The monoisotopic (exact) mass is 432 g/mol. The summed E-state index contributed by atoms with van der Waals surface area (Å²) in [4.78, 5) is 23.9. The highest BCUT2D eigenvalue weighted by molar-refractivity contribution is 9.10. The number of rotatable bonds is 5.